The average Bonchev–Trinajstić information content (AvgIpc) is 3.26. The van der Waals surface area contributed by atoms with Crippen LogP contribution in [0.5, 0.6) is 11.5 Å². The summed E-state index contributed by atoms with van der Waals surface area (Å²) in [6.45, 7) is 3.60. The van der Waals surface area contributed by atoms with Crippen LogP contribution in [-0.2, 0) is 4.79 Å². The SMILES string of the molecule is N#Cc1ccc(N2CCCN(CC(=O)Nc3ccccc3C(=O)Nc3ccc4c(c3)OCO4)CC2)cc1. The third kappa shape index (κ3) is 5.82. The zero-order valence-corrected chi connectivity index (χ0v) is 20.3. The Labute approximate surface area is 215 Å². The van der Waals surface area contributed by atoms with Crippen molar-refractivity contribution in [3.63, 3.8) is 0 Å². The second-order valence-electron chi connectivity index (χ2n) is 8.89. The lowest BCUT2D eigenvalue weighted by Crippen LogP contribution is -2.36. The number of para-hydroxylation sites is 1. The minimum absolute atomic E-state index is 0.159. The summed E-state index contributed by atoms with van der Waals surface area (Å²) in [5, 5.41) is 14.8. The number of fused-ring (bicyclic) bond motifs is 1. The lowest BCUT2D eigenvalue weighted by Gasteiger charge is -2.23. The summed E-state index contributed by atoms with van der Waals surface area (Å²) >= 11 is 0. The van der Waals surface area contributed by atoms with Crippen molar-refractivity contribution in [3.05, 3.63) is 77.9 Å². The standard InChI is InChI=1S/C28H27N5O4/c29-17-20-6-9-22(10-7-20)33-13-3-12-32(14-15-33)18-27(34)31-24-5-2-1-4-23(24)28(35)30-21-8-11-25-26(16-21)37-19-36-25/h1-2,4-11,16H,3,12-15,18-19H2,(H,30,35)(H,31,34). The van der Waals surface area contributed by atoms with Gasteiger partial charge in [0.2, 0.25) is 12.7 Å². The van der Waals surface area contributed by atoms with Crippen molar-refractivity contribution in [1.29, 1.82) is 5.26 Å². The molecule has 0 spiro atoms. The van der Waals surface area contributed by atoms with Crippen LogP contribution < -0.4 is 25.0 Å². The number of anilines is 3. The minimum Gasteiger partial charge on any atom is -0.454 e. The number of nitrogens with zero attached hydrogens (tertiary/aromatic N) is 3. The first-order valence-corrected chi connectivity index (χ1v) is 12.2. The molecule has 2 heterocycles. The Balaban J connectivity index is 1.18. The van der Waals surface area contributed by atoms with E-state index in [0.717, 1.165) is 38.3 Å². The summed E-state index contributed by atoms with van der Waals surface area (Å²) in [6, 6.07) is 21.9. The van der Waals surface area contributed by atoms with Gasteiger partial charge in [-0.05, 0) is 55.0 Å². The van der Waals surface area contributed by atoms with Crippen molar-refractivity contribution in [2.75, 3.05) is 55.1 Å². The number of rotatable bonds is 6. The third-order valence-electron chi connectivity index (χ3n) is 6.39. The number of nitrogens with one attached hydrogen (secondary N) is 2. The second kappa shape index (κ2) is 11.0. The van der Waals surface area contributed by atoms with Gasteiger partial charge in [0.05, 0.1) is 29.4 Å². The van der Waals surface area contributed by atoms with Crippen molar-refractivity contribution in [1.82, 2.24) is 4.90 Å². The van der Waals surface area contributed by atoms with Gasteiger partial charge in [-0.15, -0.1) is 0 Å². The van der Waals surface area contributed by atoms with Gasteiger partial charge in [0.15, 0.2) is 11.5 Å². The summed E-state index contributed by atoms with van der Waals surface area (Å²) in [4.78, 5) is 30.3. The minimum atomic E-state index is -0.331. The number of hydrogen-bond acceptors (Lipinski definition) is 7. The highest BCUT2D eigenvalue weighted by atomic mass is 16.7. The normalized spacial score (nSPS) is 14.9. The summed E-state index contributed by atoms with van der Waals surface area (Å²) < 4.78 is 10.7. The Kier molecular flexibility index (Phi) is 7.19. The van der Waals surface area contributed by atoms with E-state index in [-0.39, 0.29) is 25.2 Å². The van der Waals surface area contributed by atoms with Gasteiger partial charge in [-0.3, -0.25) is 14.5 Å². The molecule has 5 rings (SSSR count). The number of benzene rings is 3. The van der Waals surface area contributed by atoms with E-state index < -0.39 is 0 Å². The molecule has 3 aromatic carbocycles. The summed E-state index contributed by atoms with van der Waals surface area (Å²) in [7, 11) is 0. The van der Waals surface area contributed by atoms with Crippen LogP contribution >= 0.6 is 0 Å². The molecule has 0 atom stereocenters. The molecule has 1 saturated heterocycles. The van der Waals surface area contributed by atoms with E-state index >= 15 is 0 Å². The van der Waals surface area contributed by atoms with E-state index in [1.807, 2.05) is 24.3 Å². The highest BCUT2D eigenvalue weighted by Gasteiger charge is 2.20. The number of hydrogen-bond donors (Lipinski definition) is 2. The van der Waals surface area contributed by atoms with E-state index in [4.69, 9.17) is 14.7 Å². The first kappa shape index (κ1) is 24.2. The largest absolute Gasteiger partial charge is 0.454 e. The molecule has 0 radical (unpaired) electrons. The number of carbonyl (C=O) groups is 2. The molecular formula is C28H27N5O4. The maximum Gasteiger partial charge on any atom is 0.257 e. The summed E-state index contributed by atoms with van der Waals surface area (Å²) in [6.07, 6.45) is 0.918. The molecule has 2 N–H and O–H groups in total. The third-order valence-corrected chi connectivity index (χ3v) is 6.39. The number of amides is 2. The van der Waals surface area contributed by atoms with E-state index in [1.54, 1.807) is 42.5 Å². The van der Waals surface area contributed by atoms with E-state index in [9.17, 15) is 9.59 Å². The zero-order chi connectivity index (χ0) is 25.6. The lowest BCUT2D eigenvalue weighted by molar-refractivity contribution is -0.117. The van der Waals surface area contributed by atoms with Gasteiger partial charge >= 0.3 is 0 Å². The molecule has 0 aromatic heterocycles. The fourth-order valence-corrected chi connectivity index (χ4v) is 4.49. The molecular weight excluding hydrogens is 470 g/mol. The summed E-state index contributed by atoms with van der Waals surface area (Å²) in [5.41, 5.74) is 3.12. The number of carbonyl (C=O) groups excluding carboxylic acids is 2. The van der Waals surface area contributed by atoms with Crippen molar-refractivity contribution in [3.8, 4) is 17.6 Å². The smallest absolute Gasteiger partial charge is 0.257 e. The van der Waals surface area contributed by atoms with Crippen LogP contribution in [-0.4, -0.2) is 56.2 Å². The maximum absolute atomic E-state index is 13.0. The first-order chi connectivity index (χ1) is 18.1. The van der Waals surface area contributed by atoms with Crippen molar-refractivity contribution >= 4 is 28.9 Å². The van der Waals surface area contributed by atoms with Crippen LogP contribution in [0, 0.1) is 11.3 Å². The van der Waals surface area contributed by atoms with Crippen molar-refractivity contribution in [2.45, 2.75) is 6.42 Å². The van der Waals surface area contributed by atoms with Crippen LogP contribution in [0.3, 0.4) is 0 Å². The zero-order valence-electron chi connectivity index (χ0n) is 20.3. The van der Waals surface area contributed by atoms with Crippen LogP contribution in [0.2, 0.25) is 0 Å². The second-order valence-corrected chi connectivity index (χ2v) is 8.89. The number of ether oxygens (including phenoxy) is 2. The molecule has 9 nitrogen and oxygen atoms in total. The molecule has 188 valence electrons. The van der Waals surface area contributed by atoms with Gasteiger partial charge in [0, 0.05) is 43.6 Å². The molecule has 37 heavy (non-hydrogen) atoms. The Morgan fingerprint density at radius 3 is 2.54 bits per heavy atom. The van der Waals surface area contributed by atoms with E-state index in [2.05, 4.69) is 26.5 Å². The molecule has 2 amide bonds. The topological polar surface area (TPSA) is 107 Å². The maximum atomic E-state index is 13.0. The molecule has 2 aliphatic rings. The van der Waals surface area contributed by atoms with Crippen LogP contribution in [0.15, 0.2) is 66.7 Å². The predicted octanol–water partition coefficient (Wildman–Crippen LogP) is 3.69. The Morgan fingerprint density at radius 1 is 0.892 bits per heavy atom. The highest BCUT2D eigenvalue weighted by Crippen LogP contribution is 2.34. The fourth-order valence-electron chi connectivity index (χ4n) is 4.49. The Bertz CT molecular complexity index is 1340. The summed E-state index contributed by atoms with van der Waals surface area (Å²) in [5.74, 6) is 0.714. The molecule has 0 unspecified atom stereocenters. The quantitative estimate of drug-likeness (QED) is 0.535. The van der Waals surface area contributed by atoms with Gasteiger partial charge in [-0.25, -0.2) is 0 Å². The first-order valence-electron chi connectivity index (χ1n) is 12.2. The lowest BCUT2D eigenvalue weighted by atomic mass is 10.1. The molecule has 9 heteroatoms. The van der Waals surface area contributed by atoms with Gasteiger partial charge in [-0.1, -0.05) is 12.1 Å². The molecule has 2 aliphatic heterocycles. The fraction of sp³-hybridized carbons (Fsp3) is 0.250. The highest BCUT2D eigenvalue weighted by molar-refractivity contribution is 6.10. The average molecular weight is 498 g/mol. The molecule has 0 aliphatic carbocycles. The van der Waals surface area contributed by atoms with Gasteiger partial charge < -0.3 is 25.0 Å². The van der Waals surface area contributed by atoms with E-state index in [1.165, 1.54) is 0 Å². The van der Waals surface area contributed by atoms with Crippen molar-refractivity contribution < 1.29 is 19.1 Å². The molecule has 1 fully saturated rings. The molecule has 0 bridgehead atoms. The molecule has 0 saturated carbocycles. The van der Waals surface area contributed by atoms with Gasteiger partial charge in [0.25, 0.3) is 5.91 Å². The Hall–Kier alpha value is -4.55. The van der Waals surface area contributed by atoms with Crippen LogP contribution in [0.1, 0.15) is 22.3 Å². The van der Waals surface area contributed by atoms with E-state index in [0.29, 0.717) is 34.0 Å². The van der Waals surface area contributed by atoms with Crippen LogP contribution in [0.4, 0.5) is 17.1 Å². The van der Waals surface area contributed by atoms with Gasteiger partial charge in [0.1, 0.15) is 0 Å². The monoisotopic (exact) mass is 497 g/mol. The van der Waals surface area contributed by atoms with Crippen LogP contribution in [0.25, 0.3) is 0 Å². The van der Waals surface area contributed by atoms with Crippen molar-refractivity contribution in [2.24, 2.45) is 0 Å². The predicted molar refractivity (Wildman–Crippen MR) is 140 cm³/mol. The number of nitriles is 1. The molecule has 3 aromatic rings. The van der Waals surface area contributed by atoms with Gasteiger partial charge in [-0.2, -0.15) is 5.26 Å². The Morgan fingerprint density at radius 2 is 1.70 bits per heavy atom.